The number of halogens is 1. The molecule has 0 aliphatic carbocycles. The molecule has 3 rings (SSSR count). The minimum absolute atomic E-state index is 0.0170. The van der Waals surface area contributed by atoms with Crippen LogP contribution in [0.25, 0.3) is 0 Å². The number of hydrogen-bond donors (Lipinski definition) is 1. The molecule has 1 fully saturated rings. The lowest BCUT2D eigenvalue weighted by atomic mass is 9.87. The number of likely N-dealkylation sites (tertiary alicyclic amines) is 1. The summed E-state index contributed by atoms with van der Waals surface area (Å²) in [4.78, 5) is 16.4. The average molecular weight is 429 g/mol. The zero-order valence-electron chi connectivity index (χ0n) is 18.5. The van der Waals surface area contributed by atoms with Gasteiger partial charge in [-0.2, -0.15) is 0 Å². The quantitative estimate of drug-likeness (QED) is 0.602. The molecule has 0 aromatic heterocycles. The number of amides is 1. The molecule has 1 aliphatic rings. The van der Waals surface area contributed by atoms with Crippen LogP contribution in [-0.4, -0.2) is 48.3 Å². The Labute approximate surface area is 184 Å². The van der Waals surface area contributed by atoms with E-state index in [4.69, 9.17) is 4.74 Å². The number of carbonyl (C=O) groups is 1. The van der Waals surface area contributed by atoms with Gasteiger partial charge in [0.15, 0.2) is 5.82 Å². The summed E-state index contributed by atoms with van der Waals surface area (Å²) < 4.78 is 20.1. The molecule has 1 amide bonds. The van der Waals surface area contributed by atoms with Gasteiger partial charge in [-0.1, -0.05) is 43.7 Å². The second-order valence-corrected chi connectivity index (χ2v) is 8.43. The normalized spacial score (nSPS) is 16.1. The van der Waals surface area contributed by atoms with Crippen molar-refractivity contribution in [1.29, 1.82) is 0 Å². The van der Waals surface area contributed by atoms with Crippen molar-refractivity contribution in [2.45, 2.75) is 51.2 Å². The predicted molar refractivity (Wildman–Crippen MR) is 121 cm³/mol. The molecular weight excluding hydrogens is 395 g/mol. The number of unbranched alkanes of at least 4 members (excludes halogenated alkanes) is 1. The van der Waals surface area contributed by atoms with Gasteiger partial charge in [0.2, 0.25) is 5.91 Å². The first kappa shape index (κ1) is 23.2. The van der Waals surface area contributed by atoms with Gasteiger partial charge in [0.1, 0.15) is 5.75 Å². The zero-order valence-corrected chi connectivity index (χ0v) is 18.5. The summed E-state index contributed by atoms with van der Waals surface area (Å²) in [5, 5.41) is 11.0. The Morgan fingerprint density at radius 2 is 1.90 bits per heavy atom. The van der Waals surface area contributed by atoms with Crippen molar-refractivity contribution in [3.8, 4) is 5.75 Å². The van der Waals surface area contributed by atoms with Gasteiger partial charge in [0.25, 0.3) is 0 Å². The Balaban J connectivity index is 1.53. The highest BCUT2D eigenvalue weighted by Gasteiger charge is 2.35. The summed E-state index contributed by atoms with van der Waals surface area (Å²) in [6, 6.07) is 14.8. The number of anilines is 1. The van der Waals surface area contributed by atoms with E-state index in [9.17, 15) is 14.3 Å². The Kier molecular flexibility index (Phi) is 8.04. The number of ether oxygens (including phenoxy) is 1. The molecule has 0 unspecified atom stereocenters. The van der Waals surface area contributed by atoms with Crippen molar-refractivity contribution in [2.75, 3.05) is 31.6 Å². The minimum atomic E-state index is -1.06. The van der Waals surface area contributed by atoms with E-state index in [1.54, 1.807) is 19.2 Å². The largest absolute Gasteiger partial charge is 0.493 e. The minimum Gasteiger partial charge on any atom is -0.493 e. The Morgan fingerprint density at radius 1 is 1.19 bits per heavy atom. The third-order valence-corrected chi connectivity index (χ3v) is 5.94. The van der Waals surface area contributed by atoms with Crippen molar-refractivity contribution in [2.24, 2.45) is 0 Å². The second-order valence-electron chi connectivity index (χ2n) is 8.43. The van der Waals surface area contributed by atoms with Crippen LogP contribution in [0.15, 0.2) is 48.5 Å². The zero-order chi connectivity index (χ0) is 22.3. The molecule has 1 saturated heterocycles. The third kappa shape index (κ3) is 6.52. The highest BCUT2D eigenvalue weighted by molar-refractivity contribution is 5.93. The van der Waals surface area contributed by atoms with Crippen LogP contribution in [0.1, 0.15) is 44.6 Å². The number of benzene rings is 2. The fraction of sp³-hybridized carbons (Fsp3) is 0.480. The Hall–Kier alpha value is -2.44. The summed E-state index contributed by atoms with van der Waals surface area (Å²) in [5.74, 6) is -0.341. The number of piperidine rings is 1. The van der Waals surface area contributed by atoms with E-state index in [0.29, 0.717) is 25.2 Å². The molecule has 31 heavy (non-hydrogen) atoms. The molecule has 1 aliphatic heterocycles. The molecule has 1 heterocycles. The van der Waals surface area contributed by atoms with Gasteiger partial charge in [0.05, 0.1) is 24.3 Å². The van der Waals surface area contributed by atoms with Gasteiger partial charge in [-0.15, -0.1) is 0 Å². The average Bonchev–Trinajstić information content (AvgIpc) is 2.76. The number of nitrogens with zero attached hydrogens (tertiary/aromatic N) is 2. The molecule has 0 spiro atoms. The molecule has 1 N–H and O–H groups in total. The van der Waals surface area contributed by atoms with Crippen LogP contribution in [0, 0.1) is 5.82 Å². The fourth-order valence-corrected chi connectivity index (χ4v) is 3.86. The summed E-state index contributed by atoms with van der Waals surface area (Å²) in [6.07, 6.45) is 2.93. The van der Waals surface area contributed by atoms with Crippen LogP contribution in [0.5, 0.6) is 5.75 Å². The summed E-state index contributed by atoms with van der Waals surface area (Å²) >= 11 is 0. The van der Waals surface area contributed by atoms with Gasteiger partial charge in [-0.05, 0) is 37.0 Å². The van der Waals surface area contributed by atoms with E-state index < -0.39 is 11.4 Å². The van der Waals surface area contributed by atoms with Crippen molar-refractivity contribution < 1.29 is 19.0 Å². The maximum absolute atomic E-state index is 14.6. The van der Waals surface area contributed by atoms with E-state index in [0.717, 1.165) is 32.5 Å². The standard InChI is InChI=1S/C25H33FN2O3/c1-3-4-16-31-21-10-11-23(22(26)17-21)27(2)24(29)18-25(30)12-14-28(15-13-25)19-20-8-6-5-7-9-20/h5-11,17,30H,3-4,12-16,18-19H2,1-2H3. The molecular formula is C25H33FN2O3. The topological polar surface area (TPSA) is 53.0 Å². The van der Waals surface area contributed by atoms with Gasteiger partial charge < -0.3 is 14.7 Å². The molecule has 6 heteroatoms. The molecule has 0 radical (unpaired) electrons. The molecule has 2 aromatic rings. The molecule has 0 bridgehead atoms. The summed E-state index contributed by atoms with van der Waals surface area (Å²) in [6.45, 7) is 4.89. The van der Waals surface area contributed by atoms with Crippen LogP contribution in [0.3, 0.4) is 0 Å². The van der Waals surface area contributed by atoms with E-state index in [2.05, 4.69) is 24.0 Å². The first-order valence-electron chi connectivity index (χ1n) is 11.1. The summed E-state index contributed by atoms with van der Waals surface area (Å²) in [7, 11) is 1.55. The van der Waals surface area contributed by atoms with Gasteiger partial charge in [-0.25, -0.2) is 4.39 Å². The molecule has 0 atom stereocenters. The van der Waals surface area contributed by atoms with Gasteiger partial charge in [0, 0.05) is 32.7 Å². The first-order valence-corrected chi connectivity index (χ1v) is 11.1. The lowest BCUT2D eigenvalue weighted by molar-refractivity contribution is -0.125. The number of hydrogen-bond acceptors (Lipinski definition) is 4. The van der Waals surface area contributed by atoms with Crippen LogP contribution >= 0.6 is 0 Å². The number of aliphatic hydroxyl groups is 1. The fourth-order valence-electron chi connectivity index (χ4n) is 3.86. The number of rotatable bonds is 9. The summed E-state index contributed by atoms with van der Waals surface area (Å²) in [5.41, 5.74) is 0.373. The van der Waals surface area contributed by atoms with E-state index in [1.165, 1.54) is 16.5 Å². The molecule has 168 valence electrons. The SMILES string of the molecule is CCCCOc1ccc(N(C)C(=O)CC2(O)CCN(Cc3ccccc3)CC2)c(F)c1. The lowest BCUT2D eigenvalue weighted by Crippen LogP contribution is -2.47. The maximum atomic E-state index is 14.6. The molecule has 0 saturated carbocycles. The Bertz CT molecular complexity index is 851. The van der Waals surface area contributed by atoms with Crippen molar-refractivity contribution in [3.05, 3.63) is 59.9 Å². The van der Waals surface area contributed by atoms with Crippen LogP contribution in [-0.2, 0) is 11.3 Å². The smallest absolute Gasteiger partial charge is 0.229 e. The van der Waals surface area contributed by atoms with Gasteiger partial charge >= 0.3 is 0 Å². The molecule has 2 aromatic carbocycles. The highest BCUT2D eigenvalue weighted by atomic mass is 19.1. The van der Waals surface area contributed by atoms with Crippen molar-refractivity contribution >= 4 is 11.6 Å². The first-order chi connectivity index (χ1) is 14.9. The predicted octanol–water partition coefficient (Wildman–Crippen LogP) is 4.38. The van der Waals surface area contributed by atoms with Crippen LogP contribution in [0.4, 0.5) is 10.1 Å². The van der Waals surface area contributed by atoms with Crippen molar-refractivity contribution in [3.63, 3.8) is 0 Å². The molecule has 5 nitrogen and oxygen atoms in total. The number of carbonyl (C=O) groups excluding carboxylic acids is 1. The van der Waals surface area contributed by atoms with Gasteiger partial charge in [-0.3, -0.25) is 9.69 Å². The van der Waals surface area contributed by atoms with Crippen LogP contribution in [0.2, 0.25) is 0 Å². The van der Waals surface area contributed by atoms with E-state index in [1.807, 2.05) is 18.2 Å². The lowest BCUT2D eigenvalue weighted by Gasteiger charge is -2.38. The third-order valence-electron chi connectivity index (χ3n) is 5.94. The van der Waals surface area contributed by atoms with E-state index in [-0.39, 0.29) is 18.0 Å². The van der Waals surface area contributed by atoms with E-state index >= 15 is 0 Å². The monoisotopic (exact) mass is 428 g/mol. The Morgan fingerprint density at radius 3 is 2.55 bits per heavy atom. The van der Waals surface area contributed by atoms with Crippen LogP contribution < -0.4 is 9.64 Å². The highest BCUT2D eigenvalue weighted by Crippen LogP contribution is 2.29. The maximum Gasteiger partial charge on any atom is 0.229 e. The van der Waals surface area contributed by atoms with Crippen molar-refractivity contribution in [1.82, 2.24) is 4.90 Å². The second kappa shape index (κ2) is 10.7.